The highest BCUT2D eigenvalue weighted by Gasteiger charge is 2.21. The monoisotopic (exact) mass is 224 g/mol. The van der Waals surface area contributed by atoms with Crippen LogP contribution in [0.15, 0.2) is 30.9 Å². The molecule has 0 unspecified atom stereocenters. The Labute approximate surface area is 99.6 Å². The maximum absolute atomic E-state index is 8.84. The second kappa shape index (κ2) is 4.02. The van der Waals surface area contributed by atoms with Crippen LogP contribution in [0, 0.1) is 17.2 Å². The van der Waals surface area contributed by atoms with Crippen LogP contribution >= 0.6 is 0 Å². The summed E-state index contributed by atoms with van der Waals surface area (Å²) in [5.41, 5.74) is 2.22. The van der Waals surface area contributed by atoms with Gasteiger partial charge in [-0.05, 0) is 30.9 Å². The Morgan fingerprint density at radius 1 is 1.35 bits per heavy atom. The molecule has 1 aliphatic rings. The molecule has 1 aliphatic carbocycles. The van der Waals surface area contributed by atoms with Crippen molar-refractivity contribution in [2.75, 3.05) is 0 Å². The van der Waals surface area contributed by atoms with Gasteiger partial charge in [0.25, 0.3) is 0 Å². The molecule has 0 spiro atoms. The Kier molecular flexibility index (Phi) is 2.37. The maximum atomic E-state index is 8.84. The van der Waals surface area contributed by atoms with Crippen molar-refractivity contribution >= 4 is 0 Å². The number of nitrogens with zero attached hydrogens (tertiary/aromatic N) is 4. The molecule has 0 aromatic carbocycles. The number of rotatable bonds is 3. The third kappa shape index (κ3) is 2.18. The third-order valence-corrected chi connectivity index (χ3v) is 2.95. The second-order valence-electron chi connectivity index (χ2n) is 4.44. The topological polar surface area (TPSA) is 54.5 Å². The van der Waals surface area contributed by atoms with Crippen LogP contribution in [0.4, 0.5) is 0 Å². The van der Waals surface area contributed by atoms with Gasteiger partial charge < -0.3 is 4.57 Å². The predicted molar refractivity (Wildman–Crippen MR) is 62.9 cm³/mol. The Balaban J connectivity index is 1.86. The minimum Gasteiger partial charge on any atom is -0.336 e. The van der Waals surface area contributed by atoms with E-state index in [2.05, 4.69) is 20.6 Å². The molecule has 0 atom stereocenters. The first-order chi connectivity index (χ1) is 8.35. The Bertz CT molecular complexity index is 575. The molecule has 2 aromatic rings. The van der Waals surface area contributed by atoms with Gasteiger partial charge in [0.1, 0.15) is 5.69 Å². The van der Waals surface area contributed by atoms with Crippen LogP contribution in [0.2, 0.25) is 0 Å². The zero-order chi connectivity index (χ0) is 11.7. The molecular formula is C13H12N4. The van der Waals surface area contributed by atoms with Gasteiger partial charge in [-0.15, -0.1) is 0 Å². The van der Waals surface area contributed by atoms with Crippen LogP contribution in [0.5, 0.6) is 0 Å². The molecule has 4 heteroatoms. The van der Waals surface area contributed by atoms with Gasteiger partial charge in [-0.1, -0.05) is 0 Å². The van der Waals surface area contributed by atoms with Gasteiger partial charge in [0.2, 0.25) is 0 Å². The lowest BCUT2D eigenvalue weighted by Crippen LogP contribution is -1.95. The van der Waals surface area contributed by atoms with Crippen molar-refractivity contribution in [2.45, 2.75) is 19.4 Å². The van der Waals surface area contributed by atoms with Crippen molar-refractivity contribution in [2.24, 2.45) is 5.92 Å². The highest BCUT2D eigenvalue weighted by Crippen LogP contribution is 2.30. The van der Waals surface area contributed by atoms with Crippen LogP contribution in [-0.2, 0) is 6.54 Å². The first-order valence-electron chi connectivity index (χ1n) is 5.73. The third-order valence-electron chi connectivity index (χ3n) is 2.95. The molecule has 0 N–H and O–H groups in total. The van der Waals surface area contributed by atoms with E-state index in [4.69, 9.17) is 5.26 Å². The number of aromatic nitrogens is 3. The molecule has 0 amide bonds. The molecule has 2 heterocycles. The molecule has 17 heavy (non-hydrogen) atoms. The summed E-state index contributed by atoms with van der Waals surface area (Å²) in [7, 11) is 0. The molecule has 84 valence electrons. The van der Waals surface area contributed by atoms with Gasteiger partial charge >= 0.3 is 0 Å². The first-order valence-corrected chi connectivity index (χ1v) is 5.73. The predicted octanol–water partition coefficient (Wildman–Crippen LogP) is 2.23. The number of hydrogen-bond acceptors (Lipinski definition) is 3. The van der Waals surface area contributed by atoms with E-state index < -0.39 is 0 Å². The average molecular weight is 224 g/mol. The summed E-state index contributed by atoms with van der Waals surface area (Å²) in [4.78, 5) is 8.57. The molecule has 0 aliphatic heterocycles. The summed E-state index contributed by atoms with van der Waals surface area (Å²) in [6.07, 6.45) is 8.15. The highest BCUT2D eigenvalue weighted by molar-refractivity contribution is 5.55. The molecule has 0 radical (unpaired) electrons. The lowest BCUT2D eigenvalue weighted by molar-refractivity contribution is 0.626. The molecular weight excluding hydrogens is 212 g/mol. The lowest BCUT2D eigenvalue weighted by Gasteiger charge is -1.98. The largest absolute Gasteiger partial charge is 0.336 e. The second-order valence-corrected chi connectivity index (χ2v) is 4.44. The normalized spacial score (nSPS) is 14.5. The molecule has 4 nitrogen and oxygen atoms in total. The van der Waals surface area contributed by atoms with E-state index in [1.54, 1.807) is 18.3 Å². The van der Waals surface area contributed by atoms with Crippen molar-refractivity contribution < 1.29 is 0 Å². The van der Waals surface area contributed by atoms with Crippen molar-refractivity contribution in [3.8, 4) is 17.5 Å². The molecule has 0 bridgehead atoms. The van der Waals surface area contributed by atoms with Gasteiger partial charge in [-0.25, -0.2) is 4.98 Å². The summed E-state index contributed by atoms with van der Waals surface area (Å²) in [5.74, 6) is 0.829. The Morgan fingerprint density at radius 2 is 2.24 bits per heavy atom. The van der Waals surface area contributed by atoms with Crippen LogP contribution in [0.25, 0.3) is 11.4 Å². The van der Waals surface area contributed by atoms with E-state index in [0.29, 0.717) is 5.56 Å². The van der Waals surface area contributed by atoms with Crippen LogP contribution in [0.1, 0.15) is 18.4 Å². The molecule has 3 rings (SSSR count). The Morgan fingerprint density at radius 3 is 3.00 bits per heavy atom. The number of pyridine rings is 1. The van der Waals surface area contributed by atoms with Crippen LogP contribution in [0.3, 0.4) is 0 Å². The van der Waals surface area contributed by atoms with E-state index in [1.165, 1.54) is 12.8 Å². The van der Waals surface area contributed by atoms with Crippen molar-refractivity contribution in [3.63, 3.8) is 0 Å². The summed E-state index contributed by atoms with van der Waals surface area (Å²) in [6, 6.07) is 5.58. The number of imidazole rings is 1. The standard InChI is InChI=1S/C13H12N4/c14-6-11-3-4-15-12(5-11)13-8-17(9-16-13)7-10-1-2-10/h3-5,8-10H,1-2,7H2. The minimum atomic E-state index is 0.617. The summed E-state index contributed by atoms with van der Waals surface area (Å²) < 4.78 is 2.10. The zero-order valence-electron chi connectivity index (χ0n) is 9.37. The summed E-state index contributed by atoms with van der Waals surface area (Å²) in [5, 5.41) is 8.84. The van der Waals surface area contributed by atoms with E-state index in [0.717, 1.165) is 23.9 Å². The molecule has 2 aromatic heterocycles. The van der Waals surface area contributed by atoms with Gasteiger partial charge in [0.15, 0.2) is 0 Å². The molecule has 1 fully saturated rings. The quantitative estimate of drug-likeness (QED) is 0.803. The van der Waals surface area contributed by atoms with Crippen LogP contribution < -0.4 is 0 Å². The SMILES string of the molecule is N#Cc1ccnc(-c2cn(CC3CC3)cn2)c1. The van der Waals surface area contributed by atoms with Gasteiger partial charge in [0.05, 0.1) is 23.7 Å². The average Bonchev–Trinajstić information content (AvgIpc) is 3.05. The minimum absolute atomic E-state index is 0.617. The number of nitriles is 1. The lowest BCUT2D eigenvalue weighted by atomic mass is 10.2. The van der Waals surface area contributed by atoms with E-state index in [-0.39, 0.29) is 0 Å². The maximum Gasteiger partial charge on any atom is 0.107 e. The fourth-order valence-corrected chi connectivity index (χ4v) is 1.83. The molecule has 0 saturated heterocycles. The first kappa shape index (κ1) is 10.0. The smallest absolute Gasteiger partial charge is 0.107 e. The zero-order valence-corrected chi connectivity index (χ0v) is 9.37. The number of hydrogen-bond donors (Lipinski definition) is 0. The van der Waals surface area contributed by atoms with Crippen LogP contribution in [-0.4, -0.2) is 14.5 Å². The van der Waals surface area contributed by atoms with Crippen molar-refractivity contribution in [1.82, 2.24) is 14.5 Å². The Hall–Kier alpha value is -2.15. The summed E-state index contributed by atoms with van der Waals surface area (Å²) in [6.45, 7) is 1.05. The van der Waals surface area contributed by atoms with Crippen molar-refractivity contribution in [3.05, 3.63) is 36.4 Å². The van der Waals surface area contributed by atoms with Gasteiger partial charge in [-0.3, -0.25) is 4.98 Å². The van der Waals surface area contributed by atoms with E-state index in [9.17, 15) is 0 Å². The highest BCUT2D eigenvalue weighted by atomic mass is 15.0. The van der Waals surface area contributed by atoms with E-state index in [1.807, 2.05) is 12.5 Å². The van der Waals surface area contributed by atoms with E-state index >= 15 is 0 Å². The van der Waals surface area contributed by atoms with Crippen molar-refractivity contribution in [1.29, 1.82) is 5.26 Å². The molecule has 1 saturated carbocycles. The summed E-state index contributed by atoms with van der Waals surface area (Å²) >= 11 is 0. The fraction of sp³-hybridized carbons (Fsp3) is 0.308. The van der Waals surface area contributed by atoms with Gasteiger partial charge in [-0.2, -0.15) is 5.26 Å². The fourth-order valence-electron chi connectivity index (χ4n) is 1.83. The van der Waals surface area contributed by atoms with Gasteiger partial charge in [0, 0.05) is 18.9 Å².